The maximum absolute atomic E-state index is 10.5. The predicted octanol–water partition coefficient (Wildman–Crippen LogP) is 11.3. The van der Waals surface area contributed by atoms with E-state index in [1.54, 1.807) is 0 Å². The van der Waals surface area contributed by atoms with Gasteiger partial charge in [-0.1, -0.05) is 129 Å². The van der Waals surface area contributed by atoms with E-state index in [9.17, 15) is 10.2 Å². The van der Waals surface area contributed by atoms with E-state index in [4.69, 9.17) is 9.98 Å². The number of rotatable bonds is 22. The van der Waals surface area contributed by atoms with E-state index in [1.807, 2.05) is 24.6 Å². The van der Waals surface area contributed by atoms with Crippen molar-refractivity contribution >= 4 is 12.4 Å². The van der Waals surface area contributed by atoms with Crippen LogP contribution < -0.4 is 0 Å². The zero-order valence-corrected chi connectivity index (χ0v) is 28.1. The summed E-state index contributed by atoms with van der Waals surface area (Å²) in [5.41, 5.74) is 4.16. The van der Waals surface area contributed by atoms with Crippen molar-refractivity contribution in [1.29, 1.82) is 0 Å². The number of phenols is 2. The Balaban J connectivity index is 1.50. The summed E-state index contributed by atoms with van der Waals surface area (Å²) in [6, 6.07) is 12.2. The molecule has 44 heavy (non-hydrogen) atoms. The summed E-state index contributed by atoms with van der Waals surface area (Å²) in [7, 11) is 0. The lowest BCUT2D eigenvalue weighted by Gasteiger charge is -2.25. The van der Waals surface area contributed by atoms with Gasteiger partial charge in [-0.05, 0) is 73.9 Å². The Morgan fingerprint density at radius 1 is 0.545 bits per heavy atom. The van der Waals surface area contributed by atoms with Crippen LogP contribution in [0.4, 0.5) is 0 Å². The molecule has 2 aromatic rings. The average Bonchev–Trinajstić information content (AvgIpc) is 3.04. The fourth-order valence-electron chi connectivity index (χ4n) is 6.44. The fourth-order valence-corrected chi connectivity index (χ4v) is 6.44. The summed E-state index contributed by atoms with van der Waals surface area (Å²) in [6.07, 6.45) is 31.2. The van der Waals surface area contributed by atoms with Gasteiger partial charge in [0.1, 0.15) is 11.5 Å². The van der Waals surface area contributed by atoms with Crippen LogP contribution in [-0.4, -0.2) is 34.7 Å². The molecule has 3 rings (SSSR count). The summed E-state index contributed by atoms with van der Waals surface area (Å²) in [5, 5.41) is 21.1. The number of aromatic hydroxyl groups is 2. The molecule has 1 saturated carbocycles. The number of hydrogen-bond donors (Lipinski definition) is 2. The standard InChI is InChI=1S/C40H62N2O2/c1-3-5-7-9-11-13-15-17-21-33-25-27-39(43)35(29-33)31-41-37-23-19-20-24-38(37)42-32-36-30-34(26-28-40(36)44)22-18-16-14-12-10-8-6-4-2/h25-32,37-38,43-44H,3-24H2,1-2H3/t37-,38+. The summed E-state index contributed by atoms with van der Waals surface area (Å²) < 4.78 is 0. The quantitative estimate of drug-likeness (QED) is 0.104. The lowest BCUT2D eigenvalue weighted by atomic mass is 9.91. The zero-order valence-electron chi connectivity index (χ0n) is 28.1. The van der Waals surface area contributed by atoms with Gasteiger partial charge in [0.15, 0.2) is 0 Å². The lowest BCUT2D eigenvalue weighted by Crippen LogP contribution is -2.27. The molecule has 2 N–H and O–H groups in total. The number of aryl methyl sites for hydroxylation is 2. The largest absolute Gasteiger partial charge is 0.507 e. The molecule has 4 heteroatoms. The molecule has 4 nitrogen and oxygen atoms in total. The van der Waals surface area contributed by atoms with Crippen LogP contribution in [-0.2, 0) is 12.8 Å². The minimum atomic E-state index is 0.0958. The third-order valence-electron chi connectivity index (χ3n) is 9.33. The number of hydrogen-bond acceptors (Lipinski definition) is 4. The first-order valence-corrected chi connectivity index (χ1v) is 18.3. The molecule has 0 bridgehead atoms. The van der Waals surface area contributed by atoms with E-state index < -0.39 is 0 Å². The molecule has 0 spiro atoms. The van der Waals surface area contributed by atoms with E-state index in [-0.39, 0.29) is 12.1 Å². The molecule has 2 atom stereocenters. The Kier molecular flexibility index (Phi) is 17.9. The minimum absolute atomic E-state index is 0.0958. The third kappa shape index (κ3) is 14.0. The van der Waals surface area contributed by atoms with E-state index in [0.717, 1.165) is 49.7 Å². The Hall–Kier alpha value is -2.62. The molecule has 0 aromatic heterocycles. The first-order valence-electron chi connectivity index (χ1n) is 18.3. The summed E-state index contributed by atoms with van der Waals surface area (Å²) >= 11 is 0. The van der Waals surface area contributed by atoms with Crippen molar-refractivity contribution in [3.8, 4) is 11.5 Å². The summed E-state index contributed by atoms with van der Waals surface area (Å²) in [6.45, 7) is 4.53. The highest BCUT2D eigenvalue weighted by Crippen LogP contribution is 2.26. The van der Waals surface area contributed by atoms with Gasteiger partial charge in [-0.15, -0.1) is 0 Å². The van der Waals surface area contributed by atoms with E-state index in [2.05, 4.69) is 38.1 Å². The van der Waals surface area contributed by atoms with Crippen LogP contribution in [0.3, 0.4) is 0 Å². The van der Waals surface area contributed by atoms with Gasteiger partial charge in [0.05, 0.1) is 12.1 Å². The maximum atomic E-state index is 10.5. The van der Waals surface area contributed by atoms with Crippen LogP contribution in [0.2, 0.25) is 0 Å². The van der Waals surface area contributed by atoms with Crippen molar-refractivity contribution in [3.63, 3.8) is 0 Å². The smallest absolute Gasteiger partial charge is 0.124 e. The molecule has 1 fully saturated rings. The second-order valence-corrected chi connectivity index (χ2v) is 13.2. The van der Waals surface area contributed by atoms with Crippen molar-refractivity contribution in [1.82, 2.24) is 0 Å². The molecule has 1 aliphatic carbocycles. The minimum Gasteiger partial charge on any atom is -0.507 e. The van der Waals surface area contributed by atoms with Gasteiger partial charge in [0.2, 0.25) is 0 Å². The van der Waals surface area contributed by atoms with Crippen molar-refractivity contribution in [3.05, 3.63) is 58.7 Å². The van der Waals surface area contributed by atoms with Gasteiger partial charge < -0.3 is 10.2 Å². The Morgan fingerprint density at radius 3 is 1.30 bits per heavy atom. The van der Waals surface area contributed by atoms with Crippen molar-refractivity contribution in [2.24, 2.45) is 9.98 Å². The first kappa shape index (κ1) is 35.9. The highest BCUT2D eigenvalue weighted by atomic mass is 16.3. The van der Waals surface area contributed by atoms with Gasteiger partial charge in [-0.2, -0.15) is 0 Å². The molecule has 0 unspecified atom stereocenters. The second-order valence-electron chi connectivity index (χ2n) is 13.2. The zero-order chi connectivity index (χ0) is 31.2. The number of aliphatic imine (C=N–C) groups is 2. The maximum Gasteiger partial charge on any atom is 0.124 e. The average molecular weight is 603 g/mol. The topological polar surface area (TPSA) is 65.2 Å². The normalized spacial score (nSPS) is 17.2. The van der Waals surface area contributed by atoms with Crippen LogP contribution in [0.15, 0.2) is 46.4 Å². The second kappa shape index (κ2) is 22.0. The molecule has 1 aliphatic rings. The van der Waals surface area contributed by atoms with E-state index in [1.165, 1.54) is 114 Å². The van der Waals surface area contributed by atoms with E-state index >= 15 is 0 Å². The van der Waals surface area contributed by atoms with Crippen molar-refractivity contribution in [2.45, 2.75) is 167 Å². The third-order valence-corrected chi connectivity index (χ3v) is 9.33. The van der Waals surface area contributed by atoms with Gasteiger partial charge >= 0.3 is 0 Å². The number of benzene rings is 2. The molecule has 0 radical (unpaired) electrons. The van der Waals surface area contributed by atoms with Gasteiger partial charge in [-0.3, -0.25) is 9.98 Å². The summed E-state index contributed by atoms with van der Waals surface area (Å²) in [4.78, 5) is 9.91. The number of unbranched alkanes of at least 4 members (excludes halogenated alkanes) is 14. The summed E-state index contributed by atoms with van der Waals surface area (Å²) in [5.74, 6) is 0.588. The monoisotopic (exact) mass is 602 g/mol. The molecule has 0 amide bonds. The predicted molar refractivity (Wildman–Crippen MR) is 190 cm³/mol. The SMILES string of the molecule is CCCCCCCCCCc1ccc(O)c(C=N[C@H]2CCCC[C@H]2N=Cc2cc(CCCCCCCCCC)ccc2O)c1. The number of nitrogens with zero attached hydrogens (tertiary/aromatic N) is 2. The van der Waals surface area contributed by atoms with E-state index in [0.29, 0.717) is 11.5 Å². The molecule has 0 heterocycles. The van der Waals surface area contributed by atoms with Crippen LogP contribution in [0, 0.1) is 0 Å². The molecule has 0 aliphatic heterocycles. The molecule has 0 saturated heterocycles. The van der Waals surface area contributed by atoms with Crippen molar-refractivity contribution < 1.29 is 10.2 Å². The Morgan fingerprint density at radius 2 is 0.909 bits per heavy atom. The molecule has 244 valence electrons. The van der Waals surface area contributed by atoms with Gasteiger partial charge in [0.25, 0.3) is 0 Å². The van der Waals surface area contributed by atoms with Crippen LogP contribution >= 0.6 is 0 Å². The molecular formula is C40H62N2O2. The fraction of sp³-hybridized carbons (Fsp3) is 0.650. The lowest BCUT2D eigenvalue weighted by molar-refractivity contribution is 0.390. The molecule has 2 aromatic carbocycles. The number of phenolic OH excluding ortho intramolecular Hbond substituents is 2. The van der Waals surface area contributed by atoms with Crippen molar-refractivity contribution in [2.75, 3.05) is 0 Å². The first-order chi connectivity index (χ1) is 21.6. The molecular weight excluding hydrogens is 540 g/mol. The Bertz CT molecular complexity index is 1020. The van der Waals surface area contributed by atoms with Crippen LogP contribution in [0.1, 0.15) is 165 Å². The highest BCUT2D eigenvalue weighted by molar-refractivity contribution is 5.84. The van der Waals surface area contributed by atoms with Gasteiger partial charge in [0, 0.05) is 23.6 Å². The van der Waals surface area contributed by atoms with Crippen LogP contribution in [0.25, 0.3) is 0 Å². The van der Waals surface area contributed by atoms with Crippen LogP contribution in [0.5, 0.6) is 11.5 Å². The Labute approximate surface area is 269 Å². The van der Waals surface area contributed by atoms with Gasteiger partial charge in [-0.25, -0.2) is 0 Å². The highest BCUT2D eigenvalue weighted by Gasteiger charge is 2.23.